The molecule has 5 heteroatoms. The maximum absolute atomic E-state index is 12.2. The summed E-state index contributed by atoms with van der Waals surface area (Å²) in [4.78, 5) is 24.0. The van der Waals surface area contributed by atoms with E-state index < -0.39 is 11.8 Å². The average molecular weight is 282 g/mol. The Balaban J connectivity index is 1.87. The van der Waals surface area contributed by atoms with Crippen molar-refractivity contribution in [1.82, 2.24) is 9.88 Å². The first-order valence-electron chi connectivity index (χ1n) is 6.60. The van der Waals surface area contributed by atoms with Crippen LogP contribution in [0, 0.1) is 6.92 Å². The van der Waals surface area contributed by atoms with Crippen LogP contribution in [-0.2, 0) is 6.54 Å². The molecule has 0 saturated heterocycles. The molecule has 0 radical (unpaired) electrons. The summed E-state index contributed by atoms with van der Waals surface area (Å²) in [5, 5.41) is 2.74. The number of aromatic nitrogens is 1. The summed E-state index contributed by atoms with van der Waals surface area (Å²) in [6.07, 6.45) is 0. The van der Waals surface area contributed by atoms with Crippen LogP contribution in [0.15, 0.2) is 57.7 Å². The number of oxazole rings is 1. The molecule has 0 unspecified atom stereocenters. The summed E-state index contributed by atoms with van der Waals surface area (Å²) in [6.45, 7) is 2.33. The Hall–Kier alpha value is -2.82. The van der Waals surface area contributed by atoms with Crippen molar-refractivity contribution in [3.05, 3.63) is 70.2 Å². The van der Waals surface area contributed by atoms with Gasteiger partial charge in [-0.2, -0.15) is 4.57 Å². The Labute approximate surface area is 120 Å². The lowest BCUT2D eigenvalue weighted by molar-refractivity contribution is 0.241. The van der Waals surface area contributed by atoms with E-state index in [2.05, 4.69) is 5.32 Å². The second kappa shape index (κ2) is 5.28. The lowest BCUT2D eigenvalue weighted by Crippen LogP contribution is -2.33. The van der Waals surface area contributed by atoms with Crippen LogP contribution >= 0.6 is 0 Å². The normalized spacial score (nSPS) is 10.7. The van der Waals surface area contributed by atoms with Crippen molar-refractivity contribution in [2.75, 3.05) is 0 Å². The second-order valence-electron chi connectivity index (χ2n) is 4.76. The second-order valence-corrected chi connectivity index (χ2v) is 4.76. The van der Waals surface area contributed by atoms with Crippen LogP contribution in [-0.4, -0.2) is 10.6 Å². The Bertz CT molecular complexity index is 861. The number of fused-ring (bicyclic) bond motifs is 1. The van der Waals surface area contributed by atoms with Gasteiger partial charge in [0.1, 0.15) is 0 Å². The van der Waals surface area contributed by atoms with Gasteiger partial charge in [0.25, 0.3) is 0 Å². The molecule has 0 aliphatic heterocycles. The van der Waals surface area contributed by atoms with Gasteiger partial charge in [0.2, 0.25) is 0 Å². The molecule has 3 aromatic rings. The fourth-order valence-corrected chi connectivity index (χ4v) is 2.22. The van der Waals surface area contributed by atoms with E-state index in [1.54, 1.807) is 24.3 Å². The van der Waals surface area contributed by atoms with Gasteiger partial charge in [-0.3, -0.25) is 0 Å². The van der Waals surface area contributed by atoms with Gasteiger partial charge in [0.15, 0.2) is 5.58 Å². The molecule has 21 heavy (non-hydrogen) atoms. The highest BCUT2D eigenvalue weighted by Crippen LogP contribution is 2.11. The van der Waals surface area contributed by atoms with Crippen LogP contribution in [0.4, 0.5) is 4.79 Å². The third kappa shape index (κ3) is 2.45. The molecule has 0 bridgehead atoms. The predicted molar refractivity (Wildman–Crippen MR) is 79.3 cm³/mol. The van der Waals surface area contributed by atoms with Crippen LogP contribution in [0.2, 0.25) is 0 Å². The molecular formula is C16H14N2O3. The molecule has 5 nitrogen and oxygen atoms in total. The molecule has 2 aromatic carbocycles. The van der Waals surface area contributed by atoms with E-state index in [0.717, 1.165) is 15.7 Å². The summed E-state index contributed by atoms with van der Waals surface area (Å²) in [6, 6.07) is 14.1. The summed E-state index contributed by atoms with van der Waals surface area (Å²) in [7, 11) is 0. The maximum atomic E-state index is 12.2. The van der Waals surface area contributed by atoms with E-state index in [1.165, 1.54) is 0 Å². The first-order chi connectivity index (χ1) is 10.2. The van der Waals surface area contributed by atoms with Gasteiger partial charge in [-0.1, -0.05) is 36.4 Å². The van der Waals surface area contributed by atoms with Crippen molar-refractivity contribution in [3.63, 3.8) is 0 Å². The number of hydrogen-bond acceptors (Lipinski definition) is 3. The van der Waals surface area contributed by atoms with Crippen LogP contribution in [0.1, 0.15) is 11.1 Å². The number of rotatable bonds is 2. The number of nitrogens with zero attached hydrogens (tertiary/aromatic N) is 1. The lowest BCUT2D eigenvalue weighted by atomic mass is 10.1. The monoisotopic (exact) mass is 282 g/mol. The fourth-order valence-electron chi connectivity index (χ4n) is 2.22. The zero-order valence-electron chi connectivity index (χ0n) is 11.5. The van der Waals surface area contributed by atoms with E-state index in [-0.39, 0.29) is 0 Å². The van der Waals surface area contributed by atoms with Crippen molar-refractivity contribution in [2.24, 2.45) is 0 Å². The molecule has 1 aromatic heterocycles. The van der Waals surface area contributed by atoms with Gasteiger partial charge in [-0.15, -0.1) is 0 Å². The third-order valence-corrected chi connectivity index (χ3v) is 3.38. The van der Waals surface area contributed by atoms with Crippen molar-refractivity contribution in [2.45, 2.75) is 13.5 Å². The van der Waals surface area contributed by atoms with Crippen LogP contribution < -0.4 is 11.1 Å². The van der Waals surface area contributed by atoms with Gasteiger partial charge in [0, 0.05) is 6.54 Å². The molecule has 3 rings (SSSR count). The minimum absolute atomic E-state index is 0.359. The molecule has 106 valence electrons. The molecular weight excluding hydrogens is 268 g/mol. The molecule has 1 heterocycles. The summed E-state index contributed by atoms with van der Waals surface area (Å²) >= 11 is 0. The summed E-state index contributed by atoms with van der Waals surface area (Å²) in [5.74, 6) is -0.682. The van der Waals surface area contributed by atoms with Crippen molar-refractivity contribution < 1.29 is 9.21 Å². The molecule has 0 aliphatic rings. The maximum Gasteiger partial charge on any atom is 0.428 e. The summed E-state index contributed by atoms with van der Waals surface area (Å²) in [5.41, 5.74) is 2.95. The Kier molecular flexibility index (Phi) is 3.31. The van der Waals surface area contributed by atoms with Crippen LogP contribution in [0.25, 0.3) is 11.1 Å². The number of hydrogen-bond donors (Lipinski definition) is 1. The van der Waals surface area contributed by atoms with E-state index in [9.17, 15) is 9.59 Å². The van der Waals surface area contributed by atoms with Gasteiger partial charge < -0.3 is 9.73 Å². The minimum Gasteiger partial charge on any atom is -0.407 e. The molecule has 1 N–H and O–H groups in total. The number of para-hydroxylation sites is 2. The predicted octanol–water partition coefficient (Wildman–Crippen LogP) is 2.66. The highest BCUT2D eigenvalue weighted by Gasteiger charge is 2.15. The van der Waals surface area contributed by atoms with Crippen LogP contribution in [0.5, 0.6) is 0 Å². The minimum atomic E-state index is -0.682. The number of aryl methyl sites for hydroxylation is 1. The lowest BCUT2D eigenvalue weighted by Gasteiger charge is -2.07. The Morgan fingerprint density at radius 2 is 1.86 bits per heavy atom. The van der Waals surface area contributed by atoms with Crippen molar-refractivity contribution in [3.8, 4) is 0 Å². The van der Waals surface area contributed by atoms with Gasteiger partial charge in [-0.25, -0.2) is 9.59 Å². The first-order valence-corrected chi connectivity index (χ1v) is 6.60. The van der Waals surface area contributed by atoms with Gasteiger partial charge in [-0.05, 0) is 30.2 Å². The van der Waals surface area contributed by atoms with E-state index in [1.807, 2.05) is 31.2 Å². The summed E-state index contributed by atoms with van der Waals surface area (Å²) < 4.78 is 6.05. The molecule has 0 fully saturated rings. The fraction of sp³-hybridized carbons (Fsp3) is 0.125. The molecule has 0 spiro atoms. The van der Waals surface area contributed by atoms with Crippen molar-refractivity contribution >= 4 is 17.1 Å². The molecule has 0 saturated carbocycles. The molecule has 1 amide bonds. The van der Waals surface area contributed by atoms with E-state index in [4.69, 9.17) is 4.42 Å². The highest BCUT2D eigenvalue weighted by molar-refractivity contribution is 5.87. The third-order valence-electron chi connectivity index (χ3n) is 3.38. The number of nitrogens with one attached hydrogen (secondary N) is 1. The average Bonchev–Trinajstić information content (AvgIpc) is 2.82. The molecule has 0 aliphatic carbocycles. The van der Waals surface area contributed by atoms with Gasteiger partial charge in [0.05, 0.1) is 5.52 Å². The number of carbonyl (C=O) groups excluding carboxylic acids is 1. The number of amides is 1. The standard InChI is InChI=1S/C16H14N2O3/c1-11-6-2-3-7-12(11)10-17-15(19)18-13-8-4-5-9-14(13)21-16(18)20/h2-9H,10H2,1H3,(H,17,19). The Morgan fingerprint density at radius 3 is 2.67 bits per heavy atom. The van der Waals surface area contributed by atoms with Gasteiger partial charge >= 0.3 is 11.8 Å². The zero-order valence-corrected chi connectivity index (χ0v) is 11.5. The topological polar surface area (TPSA) is 64.2 Å². The van der Waals surface area contributed by atoms with E-state index >= 15 is 0 Å². The highest BCUT2D eigenvalue weighted by atomic mass is 16.4. The number of benzene rings is 2. The van der Waals surface area contributed by atoms with E-state index in [0.29, 0.717) is 17.6 Å². The molecule has 0 atom stereocenters. The number of carbonyl (C=O) groups is 1. The largest absolute Gasteiger partial charge is 0.428 e. The smallest absolute Gasteiger partial charge is 0.407 e. The zero-order chi connectivity index (χ0) is 14.8. The quantitative estimate of drug-likeness (QED) is 0.786. The van der Waals surface area contributed by atoms with Crippen molar-refractivity contribution in [1.29, 1.82) is 0 Å². The SMILES string of the molecule is Cc1ccccc1CNC(=O)n1c(=O)oc2ccccc21. The Morgan fingerprint density at radius 1 is 1.14 bits per heavy atom. The first kappa shape index (κ1) is 13.2. The van der Waals surface area contributed by atoms with Crippen LogP contribution in [0.3, 0.4) is 0 Å².